The molecule has 1 aromatic rings. The summed E-state index contributed by atoms with van der Waals surface area (Å²) in [7, 11) is 0. The highest BCUT2D eigenvalue weighted by molar-refractivity contribution is 5.79. The number of non-ortho nitro benzene ring substituents is 1. The van der Waals surface area contributed by atoms with Crippen molar-refractivity contribution in [1.82, 2.24) is 4.90 Å². The molecule has 1 atom stereocenters. The van der Waals surface area contributed by atoms with Gasteiger partial charge >= 0.3 is 0 Å². The molecular weight excluding hydrogens is 270 g/mol. The molecule has 1 amide bonds. The van der Waals surface area contributed by atoms with Gasteiger partial charge in [-0.1, -0.05) is 12.1 Å². The average molecular weight is 291 g/mol. The smallest absolute Gasteiger partial charge is 0.269 e. The van der Waals surface area contributed by atoms with Crippen LogP contribution >= 0.6 is 0 Å². The number of piperidine rings is 1. The summed E-state index contributed by atoms with van der Waals surface area (Å²) >= 11 is 0. The zero-order valence-electron chi connectivity index (χ0n) is 12.0. The molecule has 1 aromatic carbocycles. The van der Waals surface area contributed by atoms with Crippen LogP contribution in [0.3, 0.4) is 0 Å². The molecule has 0 aromatic heterocycles. The second kappa shape index (κ2) is 7.17. The van der Waals surface area contributed by atoms with E-state index in [-0.39, 0.29) is 11.6 Å². The third-order valence-electron chi connectivity index (χ3n) is 3.95. The van der Waals surface area contributed by atoms with Gasteiger partial charge in [-0.15, -0.1) is 0 Å². The Labute approximate surface area is 124 Å². The first kappa shape index (κ1) is 15.4. The van der Waals surface area contributed by atoms with Crippen molar-refractivity contribution >= 4 is 11.6 Å². The quantitative estimate of drug-likeness (QED) is 0.660. The van der Waals surface area contributed by atoms with Gasteiger partial charge in [0, 0.05) is 25.2 Å². The fraction of sp³-hybridized carbons (Fsp3) is 0.533. The number of benzene rings is 1. The van der Waals surface area contributed by atoms with Crippen LogP contribution in [0.2, 0.25) is 0 Å². The number of nitro benzene ring substituents is 1. The highest BCUT2D eigenvalue weighted by Crippen LogP contribution is 2.20. The lowest BCUT2D eigenvalue weighted by Crippen LogP contribution is -2.41. The summed E-state index contributed by atoms with van der Waals surface area (Å²) in [6.07, 6.45) is 3.42. The van der Waals surface area contributed by atoms with E-state index < -0.39 is 4.92 Å². The fourth-order valence-electron chi connectivity index (χ4n) is 2.78. The van der Waals surface area contributed by atoms with Crippen LogP contribution in [0.25, 0.3) is 0 Å². The molecular formula is C15H21N3O3. The van der Waals surface area contributed by atoms with Gasteiger partial charge in [-0.3, -0.25) is 14.9 Å². The molecule has 1 fully saturated rings. The van der Waals surface area contributed by atoms with Crippen molar-refractivity contribution in [3.63, 3.8) is 0 Å². The predicted molar refractivity (Wildman–Crippen MR) is 79.8 cm³/mol. The van der Waals surface area contributed by atoms with E-state index in [1.807, 2.05) is 4.90 Å². The molecule has 1 aliphatic heterocycles. The molecule has 6 heteroatoms. The standard InChI is InChI=1S/C15H21N3O3/c16-8-7-13-2-1-9-17(11-13)15(19)10-12-3-5-14(6-4-12)18(20)21/h3-6,13H,1-2,7-11,16H2. The zero-order valence-corrected chi connectivity index (χ0v) is 12.0. The van der Waals surface area contributed by atoms with E-state index in [0.29, 0.717) is 18.9 Å². The normalized spacial score (nSPS) is 18.5. The third-order valence-corrected chi connectivity index (χ3v) is 3.95. The molecule has 1 aliphatic rings. The van der Waals surface area contributed by atoms with Crippen molar-refractivity contribution in [2.75, 3.05) is 19.6 Å². The average Bonchev–Trinajstić information content (AvgIpc) is 2.48. The van der Waals surface area contributed by atoms with E-state index in [0.717, 1.165) is 37.9 Å². The van der Waals surface area contributed by atoms with Crippen molar-refractivity contribution < 1.29 is 9.72 Å². The summed E-state index contributed by atoms with van der Waals surface area (Å²) in [6, 6.07) is 6.18. The lowest BCUT2D eigenvalue weighted by Gasteiger charge is -2.32. The highest BCUT2D eigenvalue weighted by Gasteiger charge is 2.23. The monoisotopic (exact) mass is 291 g/mol. The molecule has 0 radical (unpaired) electrons. The van der Waals surface area contributed by atoms with Crippen LogP contribution in [-0.2, 0) is 11.2 Å². The van der Waals surface area contributed by atoms with Crippen molar-refractivity contribution in [3.05, 3.63) is 39.9 Å². The van der Waals surface area contributed by atoms with Crippen molar-refractivity contribution in [1.29, 1.82) is 0 Å². The first-order valence-electron chi connectivity index (χ1n) is 7.31. The molecule has 1 heterocycles. The molecule has 1 unspecified atom stereocenters. The maximum absolute atomic E-state index is 12.3. The topological polar surface area (TPSA) is 89.5 Å². The maximum Gasteiger partial charge on any atom is 0.269 e. The number of likely N-dealkylation sites (tertiary alicyclic amines) is 1. The van der Waals surface area contributed by atoms with Crippen LogP contribution in [-0.4, -0.2) is 35.4 Å². The summed E-state index contributed by atoms with van der Waals surface area (Å²) in [4.78, 5) is 24.4. The fourth-order valence-corrected chi connectivity index (χ4v) is 2.78. The first-order chi connectivity index (χ1) is 10.1. The molecule has 2 rings (SSSR count). The molecule has 1 saturated heterocycles. The first-order valence-corrected chi connectivity index (χ1v) is 7.31. The number of rotatable bonds is 5. The van der Waals surface area contributed by atoms with Gasteiger partial charge in [0.15, 0.2) is 0 Å². The third kappa shape index (κ3) is 4.26. The summed E-state index contributed by atoms with van der Waals surface area (Å²) in [6.45, 7) is 2.24. The minimum Gasteiger partial charge on any atom is -0.342 e. The van der Waals surface area contributed by atoms with Crippen LogP contribution in [0.15, 0.2) is 24.3 Å². The zero-order chi connectivity index (χ0) is 15.2. The van der Waals surface area contributed by atoms with Crippen LogP contribution in [0.5, 0.6) is 0 Å². The van der Waals surface area contributed by atoms with Crippen LogP contribution in [0.1, 0.15) is 24.8 Å². The number of hydrogen-bond donors (Lipinski definition) is 1. The van der Waals surface area contributed by atoms with Crippen molar-refractivity contribution in [3.8, 4) is 0 Å². The number of nitrogens with two attached hydrogens (primary N) is 1. The molecule has 0 aliphatic carbocycles. The van der Waals surface area contributed by atoms with E-state index in [4.69, 9.17) is 5.73 Å². The van der Waals surface area contributed by atoms with Gasteiger partial charge in [0.05, 0.1) is 11.3 Å². The number of amides is 1. The van der Waals surface area contributed by atoms with E-state index in [9.17, 15) is 14.9 Å². The second-order valence-corrected chi connectivity index (χ2v) is 5.53. The Morgan fingerprint density at radius 1 is 1.38 bits per heavy atom. The number of nitro groups is 1. The molecule has 0 saturated carbocycles. The summed E-state index contributed by atoms with van der Waals surface area (Å²) < 4.78 is 0. The molecule has 0 spiro atoms. The predicted octanol–water partition coefficient (Wildman–Crippen LogP) is 1.72. The van der Waals surface area contributed by atoms with Crippen LogP contribution in [0, 0.1) is 16.0 Å². The van der Waals surface area contributed by atoms with E-state index >= 15 is 0 Å². The number of carbonyl (C=O) groups is 1. The minimum atomic E-state index is -0.437. The van der Waals surface area contributed by atoms with Gasteiger partial charge in [0.2, 0.25) is 5.91 Å². The minimum absolute atomic E-state index is 0.0483. The van der Waals surface area contributed by atoms with E-state index in [1.165, 1.54) is 12.1 Å². The molecule has 0 bridgehead atoms. The molecule has 114 valence electrons. The van der Waals surface area contributed by atoms with Gasteiger partial charge in [-0.25, -0.2) is 0 Å². The molecule has 6 nitrogen and oxygen atoms in total. The summed E-state index contributed by atoms with van der Waals surface area (Å²) in [5.41, 5.74) is 6.44. The van der Waals surface area contributed by atoms with Crippen molar-refractivity contribution in [2.45, 2.75) is 25.7 Å². The van der Waals surface area contributed by atoms with E-state index in [1.54, 1.807) is 12.1 Å². The highest BCUT2D eigenvalue weighted by atomic mass is 16.6. The number of nitrogens with zero attached hydrogens (tertiary/aromatic N) is 2. The van der Waals surface area contributed by atoms with Gasteiger partial charge in [-0.2, -0.15) is 0 Å². The lowest BCUT2D eigenvalue weighted by atomic mass is 9.94. The van der Waals surface area contributed by atoms with Gasteiger partial charge in [0.1, 0.15) is 0 Å². The van der Waals surface area contributed by atoms with E-state index in [2.05, 4.69) is 0 Å². The number of hydrogen-bond acceptors (Lipinski definition) is 4. The Kier molecular flexibility index (Phi) is 5.27. The summed E-state index contributed by atoms with van der Waals surface area (Å²) in [5.74, 6) is 0.593. The Hall–Kier alpha value is -1.95. The maximum atomic E-state index is 12.3. The Morgan fingerprint density at radius 3 is 2.71 bits per heavy atom. The Morgan fingerprint density at radius 2 is 2.10 bits per heavy atom. The lowest BCUT2D eigenvalue weighted by molar-refractivity contribution is -0.384. The summed E-state index contributed by atoms with van der Waals surface area (Å²) in [5, 5.41) is 10.6. The van der Waals surface area contributed by atoms with Gasteiger partial charge < -0.3 is 10.6 Å². The van der Waals surface area contributed by atoms with Crippen LogP contribution in [0.4, 0.5) is 5.69 Å². The number of carbonyl (C=O) groups excluding carboxylic acids is 1. The largest absolute Gasteiger partial charge is 0.342 e. The van der Waals surface area contributed by atoms with Gasteiger partial charge in [0.25, 0.3) is 5.69 Å². The Bertz CT molecular complexity index is 499. The second-order valence-electron chi connectivity index (χ2n) is 5.53. The van der Waals surface area contributed by atoms with Crippen LogP contribution < -0.4 is 5.73 Å². The molecule has 21 heavy (non-hydrogen) atoms. The van der Waals surface area contributed by atoms with Crippen molar-refractivity contribution in [2.24, 2.45) is 11.7 Å². The molecule has 2 N–H and O–H groups in total. The Balaban J connectivity index is 1.92. The SMILES string of the molecule is NCCC1CCCN(C(=O)Cc2ccc([N+](=O)[O-])cc2)C1. The van der Waals surface area contributed by atoms with Gasteiger partial charge in [-0.05, 0) is 37.3 Å².